The van der Waals surface area contributed by atoms with E-state index in [4.69, 9.17) is 4.74 Å². The maximum absolute atomic E-state index is 12.6. The fourth-order valence-electron chi connectivity index (χ4n) is 2.76. The van der Waals surface area contributed by atoms with Gasteiger partial charge in [-0.2, -0.15) is 0 Å². The molecule has 0 bridgehead atoms. The summed E-state index contributed by atoms with van der Waals surface area (Å²) in [7, 11) is 1.75. The van der Waals surface area contributed by atoms with Gasteiger partial charge in [-0.05, 0) is 45.4 Å². The van der Waals surface area contributed by atoms with Crippen LogP contribution in [0.25, 0.3) is 0 Å². The highest BCUT2D eigenvalue weighted by atomic mass is 79.9. The van der Waals surface area contributed by atoms with Crippen molar-refractivity contribution in [3.63, 3.8) is 0 Å². The first-order valence-electron chi connectivity index (χ1n) is 7.04. The Balaban J connectivity index is 2.08. The minimum Gasteiger partial charge on any atom is -0.377 e. The normalized spacial score (nSPS) is 25.4. The molecule has 2 unspecified atom stereocenters. The highest BCUT2D eigenvalue weighted by Crippen LogP contribution is 2.26. The molecule has 1 fully saturated rings. The lowest BCUT2D eigenvalue weighted by atomic mass is 9.92. The Bertz CT molecular complexity index is 474. The van der Waals surface area contributed by atoms with E-state index >= 15 is 0 Å². The molecule has 0 aliphatic carbocycles. The summed E-state index contributed by atoms with van der Waals surface area (Å²) in [4.78, 5) is 14.8. The smallest absolute Gasteiger partial charge is 0.179 e. The lowest BCUT2D eigenvalue weighted by Gasteiger charge is -2.41. The number of piperidine rings is 1. The van der Waals surface area contributed by atoms with Crippen LogP contribution in [0.5, 0.6) is 0 Å². The minimum absolute atomic E-state index is 0.106. The Morgan fingerprint density at radius 3 is 2.65 bits per heavy atom. The van der Waals surface area contributed by atoms with Gasteiger partial charge >= 0.3 is 0 Å². The molecule has 0 radical (unpaired) electrons. The second-order valence-corrected chi connectivity index (χ2v) is 6.69. The number of Topliss-reactive ketones (excluding diaryl/α,β-unsaturated/α-hetero) is 1. The van der Waals surface area contributed by atoms with E-state index in [0.29, 0.717) is 0 Å². The Labute approximate surface area is 129 Å². The SMILES string of the molecule is COC1(C)CCCN(C(C)C(=O)c2ccc(Br)cc2)C1. The van der Waals surface area contributed by atoms with Crippen molar-refractivity contribution < 1.29 is 9.53 Å². The number of ether oxygens (including phenoxy) is 1. The number of carbonyl (C=O) groups excluding carboxylic acids is 1. The molecular formula is C16H22BrNO2. The molecule has 0 aromatic heterocycles. The lowest BCUT2D eigenvalue weighted by Crippen LogP contribution is -2.52. The van der Waals surface area contributed by atoms with E-state index in [9.17, 15) is 4.79 Å². The van der Waals surface area contributed by atoms with Gasteiger partial charge in [0.05, 0.1) is 11.6 Å². The van der Waals surface area contributed by atoms with Gasteiger partial charge in [0.1, 0.15) is 0 Å². The molecule has 1 aliphatic heterocycles. The van der Waals surface area contributed by atoms with Crippen molar-refractivity contribution >= 4 is 21.7 Å². The molecule has 0 saturated carbocycles. The Kier molecular flexibility index (Phi) is 4.99. The quantitative estimate of drug-likeness (QED) is 0.786. The monoisotopic (exact) mass is 339 g/mol. The summed E-state index contributed by atoms with van der Waals surface area (Å²) >= 11 is 3.39. The van der Waals surface area contributed by atoms with E-state index < -0.39 is 0 Å². The lowest BCUT2D eigenvalue weighted by molar-refractivity contribution is -0.0563. The number of benzene rings is 1. The van der Waals surface area contributed by atoms with Gasteiger partial charge in [0.15, 0.2) is 5.78 Å². The van der Waals surface area contributed by atoms with Crippen molar-refractivity contribution in [1.29, 1.82) is 0 Å². The van der Waals surface area contributed by atoms with Crippen molar-refractivity contribution in [2.24, 2.45) is 0 Å². The van der Waals surface area contributed by atoms with E-state index in [1.807, 2.05) is 31.2 Å². The van der Waals surface area contributed by atoms with Gasteiger partial charge in [-0.25, -0.2) is 0 Å². The average Bonchev–Trinajstić information content (AvgIpc) is 2.46. The van der Waals surface area contributed by atoms with E-state index in [1.54, 1.807) is 7.11 Å². The molecule has 1 aliphatic rings. The second-order valence-electron chi connectivity index (χ2n) is 5.78. The molecule has 4 heteroatoms. The standard InChI is InChI=1S/C16H22BrNO2/c1-12(15(19)13-5-7-14(17)8-6-13)18-10-4-9-16(2,11-18)20-3/h5-8,12H,4,9-11H2,1-3H3. The van der Waals surface area contributed by atoms with Crippen LogP contribution in [0.2, 0.25) is 0 Å². The molecule has 2 rings (SSSR count). The van der Waals surface area contributed by atoms with Crippen LogP contribution < -0.4 is 0 Å². The summed E-state index contributed by atoms with van der Waals surface area (Å²) in [6.07, 6.45) is 2.13. The van der Waals surface area contributed by atoms with Crippen molar-refractivity contribution in [2.75, 3.05) is 20.2 Å². The van der Waals surface area contributed by atoms with Crippen LogP contribution in [-0.4, -0.2) is 42.5 Å². The fourth-order valence-corrected chi connectivity index (χ4v) is 3.03. The zero-order valence-corrected chi connectivity index (χ0v) is 13.9. The highest BCUT2D eigenvalue weighted by Gasteiger charge is 2.34. The molecule has 0 N–H and O–H groups in total. The topological polar surface area (TPSA) is 29.5 Å². The summed E-state index contributed by atoms with van der Waals surface area (Å²) < 4.78 is 6.59. The van der Waals surface area contributed by atoms with Gasteiger partial charge in [-0.15, -0.1) is 0 Å². The summed E-state index contributed by atoms with van der Waals surface area (Å²) in [5, 5.41) is 0. The molecular weight excluding hydrogens is 318 g/mol. The van der Waals surface area contributed by atoms with Crippen LogP contribution in [-0.2, 0) is 4.74 Å². The van der Waals surface area contributed by atoms with Crippen molar-refractivity contribution in [3.8, 4) is 0 Å². The van der Waals surface area contributed by atoms with Crippen LogP contribution in [0.3, 0.4) is 0 Å². The number of carbonyl (C=O) groups is 1. The van der Waals surface area contributed by atoms with E-state index in [-0.39, 0.29) is 17.4 Å². The summed E-state index contributed by atoms with van der Waals surface area (Å²) in [6, 6.07) is 7.47. The molecule has 1 aromatic carbocycles. The number of methoxy groups -OCH3 is 1. The van der Waals surface area contributed by atoms with Crippen LogP contribution in [0.15, 0.2) is 28.7 Å². The third-order valence-electron chi connectivity index (χ3n) is 4.24. The van der Waals surface area contributed by atoms with Gasteiger partial charge in [-0.1, -0.05) is 28.1 Å². The number of likely N-dealkylation sites (tertiary alicyclic amines) is 1. The average molecular weight is 340 g/mol. The first-order valence-corrected chi connectivity index (χ1v) is 7.83. The van der Waals surface area contributed by atoms with Crippen molar-refractivity contribution in [3.05, 3.63) is 34.3 Å². The Morgan fingerprint density at radius 1 is 1.40 bits per heavy atom. The summed E-state index contributed by atoms with van der Waals surface area (Å²) in [5.41, 5.74) is 0.636. The summed E-state index contributed by atoms with van der Waals surface area (Å²) in [6.45, 7) is 5.89. The number of nitrogens with zero attached hydrogens (tertiary/aromatic N) is 1. The van der Waals surface area contributed by atoms with Gasteiger partial charge in [0.2, 0.25) is 0 Å². The number of ketones is 1. The van der Waals surface area contributed by atoms with E-state index in [0.717, 1.165) is 36.0 Å². The van der Waals surface area contributed by atoms with Gasteiger partial charge < -0.3 is 4.74 Å². The van der Waals surface area contributed by atoms with Gasteiger partial charge in [0.25, 0.3) is 0 Å². The van der Waals surface area contributed by atoms with Crippen LogP contribution in [0.4, 0.5) is 0 Å². The molecule has 2 atom stereocenters. The predicted octanol–water partition coefficient (Wildman–Crippen LogP) is 3.52. The molecule has 1 saturated heterocycles. The van der Waals surface area contributed by atoms with Gasteiger partial charge in [0, 0.05) is 23.7 Å². The molecule has 1 aromatic rings. The largest absolute Gasteiger partial charge is 0.377 e. The fraction of sp³-hybridized carbons (Fsp3) is 0.562. The summed E-state index contributed by atoms with van der Waals surface area (Å²) in [5.74, 6) is 0.179. The maximum atomic E-state index is 12.6. The number of rotatable bonds is 4. The number of hydrogen-bond donors (Lipinski definition) is 0. The number of halogens is 1. The zero-order valence-electron chi connectivity index (χ0n) is 12.4. The van der Waals surface area contributed by atoms with Crippen LogP contribution in [0, 0.1) is 0 Å². The van der Waals surface area contributed by atoms with Crippen LogP contribution in [0.1, 0.15) is 37.0 Å². The third kappa shape index (κ3) is 3.48. The third-order valence-corrected chi connectivity index (χ3v) is 4.77. The zero-order chi connectivity index (χ0) is 14.8. The molecule has 1 heterocycles. The molecule has 110 valence electrons. The maximum Gasteiger partial charge on any atom is 0.179 e. The van der Waals surface area contributed by atoms with Crippen molar-refractivity contribution in [2.45, 2.75) is 38.3 Å². The second kappa shape index (κ2) is 6.37. The van der Waals surface area contributed by atoms with Crippen molar-refractivity contribution in [1.82, 2.24) is 4.90 Å². The highest BCUT2D eigenvalue weighted by molar-refractivity contribution is 9.10. The predicted molar refractivity (Wildman–Crippen MR) is 84.2 cm³/mol. The van der Waals surface area contributed by atoms with Crippen LogP contribution >= 0.6 is 15.9 Å². The molecule has 0 amide bonds. The minimum atomic E-state index is -0.132. The molecule has 0 spiro atoms. The van der Waals surface area contributed by atoms with E-state index in [2.05, 4.69) is 27.8 Å². The Hall–Kier alpha value is -0.710. The number of hydrogen-bond acceptors (Lipinski definition) is 3. The van der Waals surface area contributed by atoms with Gasteiger partial charge in [-0.3, -0.25) is 9.69 Å². The van der Waals surface area contributed by atoms with E-state index in [1.165, 1.54) is 0 Å². The molecule has 20 heavy (non-hydrogen) atoms. The molecule has 3 nitrogen and oxygen atoms in total. The first kappa shape index (κ1) is 15.7. The first-order chi connectivity index (χ1) is 9.45. The Morgan fingerprint density at radius 2 is 2.05 bits per heavy atom.